The summed E-state index contributed by atoms with van der Waals surface area (Å²) in [6.07, 6.45) is 4.10. The normalized spacial score (nSPS) is 49.7. The smallest absolute Gasteiger partial charge is 0.332 e. The SMILES string of the molecule is C=C[C@]1(C)C[C@@H](OC(=O)CO)[C@]2(C)[C@@H](C)CC[C@@]3(CCC(=O)[C@@H]32)[C@@H](C)[C@H]1O. The Morgan fingerprint density at radius 1 is 1.33 bits per heavy atom. The van der Waals surface area contributed by atoms with Crippen LogP contribution in [0.15, 0.2) is 12.7 Å². The first-order valence-electron chi connectivity index (χ1n) is 10.2. The summed E-state index contributed by atoms with van der Waals surface area (Å²) < 4.78 is 5.77. The second kappa shape index (κ2) is 6.70. The number of hydrogen-bond donors (Lipinski definition) is 2. The van der Waals surface area contributed by atoms with E-state index in [4.69, 9.17) is 4.74 Å². The fraction of sp³-hybridized carbons (Fsp3) is 0.818. The lowest BCUT2D eigenvalue weighted by Gasteiger charge is -2.61. The molecule has 152 valence electrons. The number of ether oxygens (including phenoxy) is 1. The molecule has 2 N–H and O–H groups in total. The molecule has 0 aromatic heterocycles. The van der Waals surface area contributed by atoms with Gasteiger partial charge in [-0.05, 0) is 42.9 Å². The quantitative estimate of drug-likeness (QED) is 0.583. The fourth-order valence-electron chi connectivity index (χ4n) is 6.70. The van der Waals surface area contributed by atoms with Crippen molar-refractivity contribution in [2.75, 3.05) is 6.61 Å². The van der Waals surface area contributed by atoms with Crippen molar-refractivity contribution in [3.63, 3.8) is 0 Å². The predicted octanol–water partition coefficient (Wildman–Crippen LogP) is 2.89. The first-order valence-corrected chi connectivity index (χ1v) is 10.2. The van der Waals surface area contributed by atoms with Gasteiger partial charge < -0.3 is 14.9 Å². The Hall–Kier alpha value is -1.20. The van der Waals surface area contributed by atoms with Crippen LogP contribution in [-0.4, -0.2) is 40.8 Å². The van der Waals surface area contributed by atoms with E-state index in [1.807, 2.05) is 6.92 Å². The maximum atomic E-state index is 13.1. The van der Waals surface area contributed by atoms with E-state index in [1.165, 1.54) is 0 Å². The average Bonchev–Trinajstić information content (AvgIpc) is 3.00. The second-order valence-corrected chi connectivity index (χ2v) is 9.72. The topological polar surface area (TPSA) is 83.8 Å². The first kappa shape index (κ1) is 20.5. The van der Waals surface area contributed by atoms with Crippen LogP contribution in [0.1, 0.15) is 59.8 Å². The van der Waals surface area contributed by atoms with Crippen molar-refractivity contribution in [2.24, 2.45) is 34.0 Å². The van der Waals surface area contributed by atoms with Crippen molar-refractivity contribution in [1.29, 1.82) is 0 Å². The molecule has 2 bridgehead atoms. The highest BCUT2D eigenvalue weighted by Crippen LogP contribution is 2.67. The van der Waals surface area contributed by atoms with E-state index >= 15 is 0 Å². The van der Waals surface area contributed by atoms with Crippen molar-refractivity contribution in [3.8, 4) is 0 Å². The van der Waals surface area contributed by atoms with E-state index in [2.05, 4.69) is 27.4 Å². The first-order chi connectivity index (χ1) is 12.6. The van der Waals surface area contributed by atoms with Gasteiger partial charge in [-0.25, -0.2) is 4.79 Å². The molecule has 0 unspecified atom stereocenters. The summed E-state index contributed by atoms with van der Waals surface area (Å²) in [4.78, 5) is 25.2. The molecule has 3 fully saturated rings. The number of Topliss-reactive ketones (excluding diaryl/α,β-unsaturated/α-hetero) is 1. The van der Waals surface area contributed by atoms with Gasteiger partial charge in [0.15, 0.2) is 0 Å². The molecule has 3 aliphatic carbocycles. The van der Waals surface area contributed by atoms with Crippen LogP contribution in [0.5, 0.6) is 0 Å². The lowest BCUT2D eigenvalue weighted by Crippen LogP contribution is -2.63. The summed E-state index contributed by atoms with van der Waals surface area (Å²) in [6.45, 7) is 11.5. The molecule has 0 amide bonds. The van der Waals surface area contributed by atoms with Gasteiger partial charge in [0, 0.05) is 23.2 Å². The summed E-state index contributed by atoms with van der Waals surface area (Å²) in [5, 5.41) is 20.6. The van der Waals surface area contributed by atoms with Crippen LogP contribution in [0.4, 0.5) is 0 Å². The molecule has 0 heterocycles. The monoisotopic (exact) mass is 378 g/mol. The number of ketones is 1. The number of rotatable bonds is 3. The van der Waals surface area contributed by atoms with Gasteiger partial charge in [0.25, 0.3) is 0 Å². The van der Waals surface area contributed by atoms with Crippen LogP contribution in [0.2, 0.25) is 0 Å². The molecular formula is C22H34O5. The van der Waals surface area contributed by atoms with Crippen LogP contribution in [0, 0.1) is 34.0 Å². The third-order valence-electron chi connectivity index (χ3n) is 8.70. The van der Waals surface area contributed by atoms with E-state index in [1.54, 1.807) is 6.08 Å². The van der Waals surface area contributed by atoms with Gasteiger partial charge in [0.1, 0.15) is 18.5 Å². The number of esters is 1. The summed E-state index contributed by atoms with van der Waals surface area (Å²) in [5.74, 6) is -0.520. The summed E-state index contributed by atoms with van der Waals surface area (Å²) in [7, 11) is 0. The van der Waals surface area contributed by atoms with E-state index < -0.39 is 35.6 Å². The van der Waals surface area contributed by atoms with Crippen molar-refractivity contribution in [3.05, 3.63) is 12.7 Å². The van der Waals surface area contributed by atoms with Crippen LogP contribution in [0.25, 0.3) is 0 Å². The van der Waals surface area contributed by atoms with Crippen LogP contribution in [0.3, 0.4) is 0 Å². The van der Waals surface area contributed by atoms with Crippen LogP contribution >= 0.6 is 0 Å². The molecule has 0 radical (unpaired) electrons. The highest BCUT2D eigenvalue weighted by Gasteiger charge is 2.68. The van der Waals surface area contributed by atoms with Gasteiger partial charge >= 0.3 is 5.97 Å². The van der Waals surface area contributed by atoms with E-state index in [0.717, 1.165) is 19.3 Å². The minimum absolute atomic E-state index is 0.0433. The van der Waals surface area contributed by atoms with Crippen molar-refractivity contribution in [2.45, 2.75) is 72.0 Å². The zero-order valence-electron chi connectivity index (χ0n) is 17.0. The highest BCUT2D eigenvalue weighted by atomic mass is 16.6. The standard InChI is InChI=1S/C22H34O5/c1-6-20(4)11-16(27-17(25)12-23)21(5)13(2)7-9-22(14(3)19(20)26)10-8-15(24)18(21)22/h6,13-14,16,18-19,23,26H,1,7-12H2,2-5H3/t13-,14-,16+,18+,19+,20+,21-,22+/m0/s1. The second-order valence-electron chi connectivity index (χ2n) is 9.72. The molecule has 5 heteroatoms. The molecule has 0 aromatic carbocycles. The number of carbonyl (C=O) groups is 2. The van der Waals surface area contributed by atoms with Gasteiger partial charge in [0.2, 0.25) is 0 Å². The summed E-state index contributed by atoms with van der Waals surface area (Å²) >= 11 is 0. The minimum atomic E-state index is -0.686. The molecule has 27 heavy (non-hydrogen) atoms. The molecule has 0 spiro atoms. The molecule has 5 nitrogen and oxygen atoms in total. The van der Waals surface area contributed by atoms with Gasteiger partial charge in [-0.3, -0.25) is 4.79 Å². The highest BCUT2D eigenvalue weighted by molar-refractivity contribution is 5.85. The fourth-order valence-corrected chi connectivity index (χ4v) is 6.70. The van der Waals surface area contributed by atoms with Crippen LogP contribution in [-0.2, 0) is 14.3 Å². The van der Waals surface area contributed by atoms with Crippen molar-refractivity contribution < 1.29 is 24.5 Å². The molecule has 3 rings (SSSR count). The van der Waals surface area contributed by atoms with Gasteiger partial charge in [0.05, 0.1) is 6.10 Å². The molecule has 3 aliphatic rings. The Bertz CT molecular complexity index is 645. The largest absolute Gasteiger partial charge is 0.460 e. The number of aliphatic hydroxyl groups excluding tert-OH is 2. The Balaban J connectivity index is 2.21. The molecule has 0 aliphatic heterocycles. The maximum Gasteiger partial charge on any atom is 0.332 e. The zero-order valence-corrected chi connectivity index (χ0v) is 17.0. The Labute approximate surface area is 162 Å². The lowest BCUT2D eigenvalue weighted by molar-refractivity contribution is -0.207. The summed E-state index contributed by atoms with van der Waals surface area (Å²) in [6, 6.07) is 0. The van der Waals surface area contributed by atoms with Crippen molar-refractivity contribution >= 4 is 11.8 Å². The zero-order chi connectivity index (χ0) is 20.2. The Morgan fingerprint density at radius 2 is 2.00 bits per heavy atom. The molecule has 3 saturated carbocycles. The number of hydrogen-bond acceptors (Lipinski definition) is 5. The Kier molecular flexibility index (Phi) is 5.09. The van der Waals surface area contributed by atoms with Gasteiger partial charge in [-0.15, -0.1) is 6.58 Å². The molecule has 0 aromatic rings. The van der Waals surface area contributed by atoms with Gasteiger partial charge in [-0.2, -0.15) is 0 Å². The van der Waals surface area contributed by atoms with E-state index in [0.29, 0.717) is 12.8 Å². The lowest BCUT2D eigenvalue weighted by atomic mass is 9.44. The predicted molar refractivity (Wildman–Crippen MR) is 102 cm³/mol. The number of carbonyl (C=O) groups excluding carboxylic acids is 2. The van der Waals surface area contributed by atoms with E-state index in [9.17, 15) is 19.8 Å². The van der Waals surface area contributed by atoms with Crippen molar-refractivity contribution in [1.82, 2.24) is 0 Å². The van der Waals surface area contributed by atoms with Gasteiger partial charge in [-0.1, -0.05) is 33.8 Å². The van der Waals surface area contributed by atoms with E-state index in [-0.39, 0.29) is 29.0 Å². The molecule has 0 saturated heterocycles. The minimum Gasteiger partial charge on any atom is -0.460 e. The Morgan fingerprint density at radius 3 is 2.59 bits per heavy atom. The third kappa shape index (κ3) is 2.72. The average molecular weight is 379 g/mol. The molecular weight excluding hydrogens is 344 g/mol. The maximum absolute atomic E-state index is 13.1. The summed E-state index contributed by atoms with van der Waals surface area (Å²) in [5.41, 5.74) is -1.43. The van der Waals surface area contributed by atoms with Crippen LogP contribution < -0.4 is 0 Å². The number of aliphatic hydroxyl groups is 2. The molecule has 8 atom stereocenters. The third-order valence-corrected chi connectivity index (χ3v) is 8.70.